The van der Waals surface area contributed by atoms with Crippen LogP contribution in [0.5, 0.6) is 0 Å². The minimum atomic E-state index is -0.132. The Morgan fingerprint density at radius 3 is 2.62 bits per heavy atom. The van der Waals surface area contributed by atoms with Gasteiger partial charge >= 0.3 is 5.97 Å². The molecule has 0 spiro atoms. The lowest BCUT2D eigenvalue weighted by molar-refractivity contribution is -0.141. The third kappa shape index (κ3) is 3.09. The zero-order valence-electron chi connectivity index (χ0n) is 10.5. The number of hydrogen-bond donors (Lipinski definition) is 0. The van der Waals surface area contributed by atoms with Gasteiger partial charge in [-0.1, -0.05) is 30.7 Å². The summed E-state index contributed by atoms with van der Waals surface area (Å²) in [5.74, 6) is 0.139. The second kappa shape index (κ2) is 5.69. The summed E-state index contributed by atoms with van der Waals surface area (Å²) in [6.45, 7) is 6.28. The van der Waals surface area contributed by atoms with Crippen molar-refractivity contribution in [1.29, 1.82) is 0 Å². The van der Waals surface area contributed by atoms with Gasteiger partial charge in [-0.25, -0.2) is 0 Å². The van der Waals surface area contributed by atoms with Crippen molar-refractivity contribution in [2.24, 2.45) is 0 Å². The van der Waals surface area contributed by atoms with Gasteiger partial charge in [-0.2, -0.15) is 0 Å². The van der Waals surface area contributed by atoms with Gasteiger partial charge in [0.05, 0.1) is 13.5 Å². The number of rotatable bonds is 4. The Labute approximate surface area is 97.6 Å². The average Bonchev–Trinajstić information content (AvgIpc) is 2.29. The van der Waals surface area contributed by atoms with Crippen molar-refractivity contribution in [3.05, 3.63) is 34.9 Å². The Morgan fingerprint density at radius 2 is 2.06 bits per heavy atom. The van der Waals surface area contributed by atoms with Gasteiger partial charge in [0, 0.05) is 0 Å². The molecule has 0 saturated heterocycles. The number of methoxy groups -OCH3 is 1. The molecule has 1 aromatic carbocycles. The van der Waals surface area contributed by atoms with E-state index in [0.717, 1.165) is 6.42 Å². The van der Waals surface area contributed by atoms with E-state index in [4.69, 9.17) is 4.74 Å². The standard InChI is InChI=1S/C14H20O2/c1-5-12(9-14(15)16-4)13-8-10(2)6-7-11(13)3/h6-8,12H,5,9H2,1-4H3. The number of esters is 1. The highest BCUT2D eigenvalue weighted by Crippen LogP contribution is 2.27. The number of aryl methyl sites for hydroxylation is 2. The molecule has 0 radical (unpaired) electrons. The Kier molecular flexibility index (Phi) is 4.53. The largest absolute Gasteiger partial charge is 0.469 e. The highest BCUT2D eigenvalue weighted by molar-refractivity contribution is 5.70. The number of benzene rings is 1. The normalized spacial score (nSPS) is 12.2. The van der Waals surface area contributed by atoms with Gasteiger partial charge in [-0.15, -0.1) is 0 Å². The highest BCUT2D eigenvalue weighted by atomic mass is 16.5. The third-order valence-electron chi connectivity index (χ3n) is 3.01. The molecular formula is C14H20O2. The van der Waals surface area contributed by atoms with Crippen LogP contribution in [-0.4, -0.2) is 13.1 Å². The summed E-state index contributed by atoms with van der Waals surface area (Å²) < 4.78 is 4.74. The van der Waals surface area contributed by atoms with Gasteiger partial charge in [0.25, 0.3) is 0 Å². The Balaban J connectivity index is 2.94. The summed E-state index contributed by atoms with van der Waals surface area (Å²) in [6.07, 6.45) is 1.43. The molecule has 1 unspecified atom stereocenters. The van der Waals surface area contributed by atoms with Crippen molar-refractivity contribution in [2.75, 3.05) is 7.11 Å². The van der Waals surface area contributed by atoms with Gasteiger partial charge in [0.15, 0.2) is 0 Å². The van der Waals surface area contributed by atoms with E-state index in [1.165, 1.54) is 23.8 Å². The number of ether oxygens (including phenoxy) is 1. The second-order valence-corrected chi connectivity index (χ2v) is 4.25. The van der Waals surface area contributed by atoms with Crippen molar-refractivity contribution in [1.82, 2.24) is 0 Å². The first-order chi connectivity index (χ1) is 7.58. The number of carbonyl (C=O) groups excluding carboxylic acids is 1. The molecule has 0 bridgehead atoms. The lowest BCUT2D eigenvalue weighted by Crippen LogP contribution is -2.09. The van der Waals surface area contributed by atoms with Crippen molar-refractivity contribution >= 4 is 5.97 Å². The van der Waals surface area contributed by atoms with Crippen LogP contribution in [0.15, 0.2) is 18.2 Å². The first-order valence-electron chi connectivity index (χ1n) is 5.72. The predicted molar refractivity (Wildman–Crippen MR) is 65.6 cm³/mol. The summed E-state index contributed by atoms with van der Waals surface area (Å²) in [4.78, 5) is 11.3. The topological polar surface area (TPSA) is 26.3 Å². The summed E-state index contributed by atoms with van der Waals surface area (Å²) in [7, 11) is 1.44. The second-order valence-electron chi connectivity index (χ2n) is 4.25. The lowest BCUT2D eigenvalue weighted by atomic mass is 9.89. The molecule has 0 aliphatic carbocycles. The molecule has 0 aliphatic rings. The van der Waals surface area contributed by atoms with Gasteiger partial charge in [0.1, 0.15) is 0 Å². The Hall–Kier alpha value is -1.31. The Morgan fingerprint density at radius 1 is 1.38 bits per heavy atom. The molecule has 0 N–H and O–H groups in total. The molecule has 2 nitrogen and oxygen atoms in total. The maximum Gasteiger partial charge on any atom is 0.306 e. The van der Waals surface area contributed by atoms with Crippen LogP contribution in [0.4, 0.5) is 0 Å². The molecular weight excluding hydrogens is 200 g/mol. The van der Waals surface area contributed by atoms with Gasteiger partial charge in [0.2, 0.25) is 0 Å². The fourth-order valence-electron chi connectivity index (χ4n) is 1.96. The SMILES string of the molecule is CCC(CC(=O)OC)c1cc(C)ccc1C. The van der Waals surface area contributed by atoms with E-state index in [0.29, 0.717) is 6.42 Å². The van der Waals surface area contributed by atoms with Crippen molar-refractivity contribution in [3.8, 4) is 0 Å². The van der Waals surface area contributed by atoms with Crippen molar-refractivity contribution in [2.45, 2.75) is 39.5 Å². The monoisotopic (exact) mass is 220 g/mol. The fourth-order valence-corrected chi connectivity index (χ4v) is 1.96. The van der Waals surface area contributed by atoms with Crippen molar-refractivity contribution in [3.63, 3.8) is 0 Å². The molecule has 1 rings (SSSR count). The molecule has 2 heteroatoms. The molecule has 16 heavy (non-hydrogen) atoms. The van der Waals surface area contributed by atoms with Crippen molar-refractivity contribution < 1.29 is 9.53 Å². The summed E-state index contributed by atoms with van der Waals surface area (Å²) in [6, 6.07) is 6.39. The highest BCUT2D eigenvalue weighted by Gasteiger charge is 2.16. The quantitative estimate of drug-likeness (QED) is 0.727. The number of carbonyl (C=O) groups is 1. The molecule has 88 valence electrons. The zero-order chi connectivity index (χ0) is 12.1. The molecule has 0 fully saturated rings. The van der Waals surface area contributed by atoms with E-state index in [9.17, 15) is 4.79 Å². The van der Waals surface area contributed by atoms with E-state index in [-0.39, 0.29) is 11.9 Å². The van der Waals surface area contributed by atoms with Gasteiger partial charge < -0.3 is 4.74 Å². The number of hydrogen-bond acceptors (Lipinski definition) is 2. The van der Waals surface area contributed by atoms with E-state index < -0.39 is 0 Å². The van der Waals surface area contributed by atoms with E-state index >= 15 is 0 Å². The first kappa shape index (κ1) is 12.8. The summed E-state index contributed by atoms with van der Waals surface area (Å²) in [5, 5.41) is 0. The fraction of sp³-hybridized carbons (Fsp3) is 0.500. The average molecular weight is 220 g/mol. The summed E-state index contributed by atoms with van der Waals surface area (Å²) >= 11 is 0. The first-order valence-corrected chi connectivity index (χ1v) is 5.72. The molecule has 1 atom stereocenters. The maximum absolute atomic E-state index is 11.3. The van der Waals surface area contributed by atoms with Crippen LogP contribution < -0.4 is 0 Å². The summed E-state index contributed by atoms with van der Waals surface area (Å²) in [5.41, 5.74) is 3.76. The van der Waals surface area contributed by atoms with Crippen LogP contribution in [0, 0.1) is 13.8 Å². The molecule has 1 aromatic rings. The third-order valence-corrected chi connectivity index (χ3v) is 3.01. The van der Waals surface area contributed by atoms with Crippen LogP contribution >= 0.6 is 0 Å². The van der Waals surface area contributed by atoms with E-state index in [2.05, 4.69) is 39.0 Å². The van der Waals surface area contributed by atoms with Crippen LogP contribution in [-0.2, 0) is 9.53 Å². The maximum atomic E-state index is 11.3. The molecule has 0 aromatic heterocycles. The van der Waals surface area contributed by atoms with Crippen LogP contribution in [0.2, 0.25) is 0 Å². The minimum Gasteiger partial charge on any atom is -0.469 e. The Bertz CT molecular complexity index is 369. The van der Waals surface area contributed by atoms with E-state index in [1.54, 1.807) is 0 Å². The van der Waals surface area contributed by atoms with Crippen LogP contribution in [0.1, 0.15) is 42.4 Å². The van der Waals surface area contributed by atoms with Gasteiger partial charge in [-0.05, 0) is 37.3 Å². The minimum absolute atomic E-state index is 0.132. The van der Waals surface area contributed by atoms with E-state index in [1.807, 2.05) is 0 Å². The molecule has 0 heterocycles. The smallest absolute Gasteiger partial charge is 0.306 e. The zero-order valence-corrected chi connectivity index (χ0v) is 10.5. The lowest BCUT2D eigenvalue weighted by Gasteiger charge is -2.17. The molecule has 0 aliphatic heterocycles. The van der Waals surface area contributed by atoms with Gasteiger partial charge in [-0.3, -0.25) is 4.79 Å². The van der Waals surface area contributed by atoms with Crippen LogP contribution in [0.3, 0.4) is 0 Å². The van der Waals surface area contributed by atoms with Crippen LogP contribution in [0.25, 0.3) is 0 Å². The molecule has 0 saturated carbocycles. The predicted octanol–water partition coefficient (Wildman–Crippen LogP) is 3.36. The molecule has 0 amide bonds.